The summed E-state index contributed by atoms with van der Waals surface area (Å²) in [6.07, 6.45) is 49.0. The third-order valence-electron chi connectivity index (χ3n) is 16.6. The van der Waals surface area contributed by atoms with Crippen molar-refractivity contribution in [3.8, 4) is 0 Å². The number of nitrogens with one attached hydrogen (secondary N) is 1. The molecule has 2 fully saturated rings. The molecule has 2 aliphatic rings. The van der Waals surface area contributed by atoms with E-state index in [0.717, 1.165) is 51.4 Å². The molecule has 0 bridgehead atoms. The second-order valence-electron chi connectivity index (χ2n) is 24.0. The number of rotatable bonds is 55. The van der Waals surface area contributed by atoms with Crippen molar-refractivity contribution in [1.29, 1.82) is 0 Å². The van der Waals surface area contributed by atoms with Gasteiger partial charge in [0, 0.05) is 6.42 Å². The third-order valence-corrected chi connectivity index (χ3v) is 16.6. The van der Waals surface area contributed by atoms with Crippen LogP contribution in [0.15, 0.2) is 36.5 Å². The van der Waals surface area contributed by atoms with Gasteiger partial charge in [-0.3, -0.25) is 4.79 Å². The van der Waals surface area contributed by atoms with Gasteiger partial charge in [0.25, 0.3) is 0 Å². The number of carbonyl (C=O) groups excluding carboxylic acids is 1. The molecule has 0 radical (unpaired) electrons. The maximum Gasteiger partial charge on any atom is 0.220 e. The summed E-state index contributed by atoms with van der Waals surface area (Å²) in [4.78, 5) is 13.3. The molecular formula is C67H125NO13. The van der Waals surface area contributed by atoms with Gasteiger partial charge in [0.2, 0.25) is 5.91 Å². The lowest BCUT2D eigenvalue weighted by Crippen LogP contribution is -2.65. The van der Waals surface area contributed by atoms with E-state index < -0.39 is 86.8 Å². The van der Waals surface area contributed by atoms with Crippen molar-refractivity contribution in [2.75, 3.05) is 19.8 Å². The monoisotopic (exact) mass is 1150 g/mol. The minimum absolute atomic E-state index is 0.240. The molecule has 476 valence electrons. The van der Waals surface area contributed by atoms with Crippen molar-refractivity contribution in [1.82, 2.24) is 5.32 Å². The summed E-state index contributed by atoms with van der Waals surface area (Å²) < 4.78 is 22.8. The van der Waals surface area contributed by atoms with E-state index in [4.69, 9.17) is 18.9 Å². The van der Waals surface area contributed by atoms with Gasteiger partial charge < -0.3 is 65.1 Å². The highest BCUT2D eigenvalue weighted by molar-refractivity contribution is 5.76. The molecule has 0 spiro atoms. The minimum Gasteiger partial charge on any atom is -0.394 e. The van der Waals surface area contributed by atoms with E-state index in [1.807, 2.05) is 6.08 Å². The van der Waals surface area contributed by atoms with Crippen molar-refractivity contribution in [2.24, 2.45) is 0 Å². The number of allylic oxidation sites excluding steroid dienone is 5. The van der Waals surface area contributed by atoms with Gasteiger partial charge in [0.15, 0.2) is 12.6 Å². The Bertz CT molecular complexity index is 1500. The Hall–Kier alpha value is -1.79. The summed E-state index contributed by atoms with van der Waals surface area (Å²) in [6, 6.07) is -0.918. The van der Waals surface area contributed by atoms with Gasteiger partial charge in [-0.15, -0.1) is 0 Å². The Morgan fingerprint density at radius 3 is 1.23 bits per heavy atom. The van der Waals surface area contributed by atoms with Crippen LogP contribution in [0, 0.1) is 0 Å². The molecule has 81 heavy (non-hydrogen) atoms. The molecule has 0 aromatic carbocycles. The topological polar surface area (TPSA) is 228 Å². The van der Waals surface area contributed by atoms with Crippen LogP contribution in [-0.2, 0) is 23.7 Å². The number of aliphatic hydroxyl groups is 8. The Morgan fingerprint density at radius 1 is 0.444 bits per heavy atom. The van der Waals surface area contributed by atoms with Crippen molar-refractivity contribution in [3.63, 3.8) is 0 Å². The molecular weight excluding hydrogens is 1030 g/mol. The fourth-order valence-electron chi connectivity index (χ4n) is 11.1. The Labute approximate surface area is 493 Å². The van der Waals surface area contributed by atoms with E-state index >= 15 is 0 Å². The van der Waals surface area contributed by atoms with E-state index in [2.05, 4.69) is 43.5 Å². The quantitative estimate of drug-likeness (QED) is 0.0204. The van der Waals surface area contributed by atoms with Crippen molar-refractivity contribution in [2.45, 2.75) is 364 Å². The smallest absolute Gasteiger partial charge is 0.220 e. The highest BCUT2D eigenvalue weighted by Gasteiger charge is 2.51. The summed E-state index contributed by atoms with van der Waals surface area (Å²) in [7, 11) is 0. The van der Waals surface area contributed by atoms with Gasteiger partial charge in [-0.05, 0) is 51.4 Å². The fraction of sp³-hybridized carbons (Fsp3) is 0.896. The van der Waals surface area contributed by atoms with E-state index in [-0.39, 0.29) is 18.9 Å². The normalized spacial score (nSPS) is 24.3. The molecule has 2 rings (SSSR count). The maximum absolute atomic E-state index is 13.3. The van der Waals surface area contributed by atoms with Crippen LogP contribution in [-0.4, -0.2) is 140 Å². The SMILES string of the molecule is CCCCCCC/C=C\C/C=C\CCCCCCCCCCCC(=O)NC(COC1OC(CO)C(OC2OC(CO)C(O)C(O)C2O)C(O)C1O)C(O)/C=C/CCCCCCCCCCCCCCCCCCCCCCCCCC. The second-order valence-corrected chi connectivity index (χ2v) is 24.0. The lowest BCUT2D eigenvalue weighted by Gasteiger charge is -2.46. The van der Waals surface area contributed by atoms with Crippen molar-refractivity contribution in [3.05, 3.63) is 36.5 Å². The first-order valence-corrected chi connectivity index (χ1v) is 33.7. The lowest BCUT2D eigenvalue weighted by atomic mass is 9.97. The van der Waals surface area contributed by atoms with Gasteiger partial charge in [0.1, 0.15) is 48.8 Å². The zero-order valence-electron chi connectivity index (χ0n) is 51.5. The number of aliphatic hydroxyl groups excluding tert-OH is 8. The van der Waals surface area contributed by atoms with Gasteiger partial charge >= 0.3 is 0 Å². The van der Waals surface area contributed by atoms with Crippen LogP contribution in [0.4, 0.5) is 0 Å². The van der Waals surface area contributed by atoms with Crippen LogP contribution in [0.1, 0.15) is 290 Å². The summed E-state index contributed by atoms with van der Waals surface area (Å²) in [6.45, 7) is 2.82. The Morgan fingerprint density at radius 2 is 0.815 bits per heavy atom. The Kier molecular flexibility index (Phi) is 48.8. The van der Waals surface area contributed by atoms with E-state index in [1.54, 1.807) is 6.08 Å². The molecule has 1 amide bonds. The van der Waals surface area contributed by atoms with Gasteiger partial charge in [-0.1, -0.05) is 269 Å². The van der Waals surface area contributed by atoms with Crippen LogP contribution in [0.5, 0.6) is 0 Å². The second kappa shape index (κ2) is 52.5. The zero-order valence-corrected chi connectivity index (χ0v) is 51.5. The third kappa shape index (κ3) is 37.4. The van der Waals surface area contributed by atoms with Crippen LogP contribution < -0.4 is 5.32 Å². The Balaban J connectivity index is 1.71. The molecule has 14 nitrogen and oxygen atoms in total. The van der Waals surface area contributed by atoms with Crippen molar-refractivity contribution < 1.29 is 64.6 Å². The van der Waals surface area contributed by atoms with Gasteiger partial charge in [0.05, 0.1) is 32.0 Å². The van der Waals surface area contributed by atoms with E-state index in [0.29, 0.717) is 6.42 Å². The number of hydrogen-bond acceptors (Lipinski definition) is 13. The maximum atomic E-state index is 13.3. The molecule has 2 aliphatic heterocycles. The van der Waals surface area contributed by atoms with E-state index in [1.165, 1.54) is 212 Å². The number of ether oxygens (including phenoxy) is 4. The van der Waals surface area contributed by atoms with Crippen molar-refractivity contribution >= 4 is 5.91 Å². The molecule has 12 atom stereocenters. The average molecular weight is 1150 g/mol. The minimum atomic E-state index is -1.79. The van der Waals surface area contributed by atoms with Gasteiger partial charge in [-0.2, -0.15) is 0 Å². The predicted molar refractivity (Wildman–Crippen MR) is 328 cm³/mol. The highest BCUT2D eigenvalue weighted by atomic mass is 16.7. The lowest BCUT2D eigenvalue weighted by molar-refractivity contribution is -0.359. The van der Waals surface area contributed by atoms with Crippen LogP contribution in [0.2, 0.25) is 0 Å². The number of unbranched alkanes of at least 4 members (excludes halogenated alkanes) is 38. The molecule has 2 saturated heterocycles. The largest absolute Gasteiger partial charge is 0.394 e. The predicted octanol–water partition coefficient (Wildman–Crippen LogP) is 13.0. The molecule has 2 heterocycles. The van der Waals surface area contributed by atoms with Crippen LogP contribution >= 0.6 is 0 Å². The first-order chi connectivity index (χ1) is 39.6. The molecule has 14 heteroatoms. The number of carbonyl (C=O) groups is 1. The highest BCUT2D eigenvalue weighted by Crippen LogP contribution is 2.30. The van der Waals surface area contributed by atoms with E-state index in [9.17, 15) is 45.6 Å². The zero-order chi connectivity index (χ0) is 58.8. The van der Waals surface area contributed by atoms with Crippen LogP contribution in [0.3, 0.4) is 0 Å². The molecule has 0 aromatic rings. The first kappa shape index (κ1) is 75.3. The fourth-order valence-corrected chi connectivity index (χ4v) is 11.1. The molecule has 0 aromatic heterocycles. The summed E-state index contributed by atoms with van der Waals surface area (Å²) >= 11 is 0. The van der Waals surface area contributed by atoms with Gasteiger partial charge in [-0.25, -0.2) is 0 Å². The molecule has 0 saturated carbocycles. The molecule has 12 unspecified atom stereocenters. The molecule has 9 N–H and O–H groups in total. The summed E-state index contributed by atoms with van der Waals surface area (Å²) in [5.74, 6) is -0.240. The summed E-state index contributed by atoms with van der Waals surface area (Å²) in [5.41, 5.74) is 0. The molecule has 0 aliphatic carbocycles. The van der Waals surface area contributed by atoms with Crippen LogP contribution in [0.25, 0.3) is 0 Å². The number of hydrogen-bond donors (Lipinski definition) is 9. The summed E-state index contributed by atoms with van der Waals surface area (Å²) in [5, 5.41) is 87.4. The average Bonchev–Trinajstić information content (AvgIpc) is 3.47. The number of amides is 1. The first-order valence-electron chi connectivity index (χ1n) is 33.7. The standard InChI is InChI=1S/C67H125NO13/c1-3-5-7-9-11-13-15-17-19-21-23-25-26-27-28-29-31-32-34-36-38-40-42-44-46-48-50-56(71)55(54-78-66-64(77)62(75)65(58(53-70)80-66)81-67-63(76)61(74)60(73)57(52-69)79-67)68-59(72)51-49-47-45-43-41-39-37-35-33-30-24-22-20-18-16-14-12-10-8-6-4-2/h16,18,22,24,48,50,55-58,60-67,69-71,73-77H,3-15,17,19-21,23,25-47,49,51-54H2,1-2H3,(H,68,72)/b18-16-,24-22-,50-48+.